The van der Waals surface area contributed by atoms with Crippen LogP contribution in [0.25, 0.3) is 0 Å². The molecule has 0 aliphatic heterocycles. The van der Waals surface area contributed by atoms with Crippen LogP contribution in [0.4, 0.5) is 14.5 Å². The molecule has 2 rings (SSSR count). The van der Waals surface area contributed by atoms with Crippen LogP contribution in [0.3, 0.4) is 0 Å². The zero-order valence-electron chi connectivity index (χ0n) is 13.6. The molecule has 5 nitrogen and oxygen atoms in total. The number of amides is 1. The van der Waals surface area contributed by atoms with Gasteiger partial charge in [0.2, 0.25) is 0 Å². The minimum Gasteiger partial charge on any atom is -0.485 e. The fourth-order valence-corrected chi connectivity index (χ4v) is 2.92. The third-order valence-electron chi connectivity index (χ3n) is 3.24. The average molecular weight is 368 g/mol. The van der Waals surface area contributed by atoms with E-state index in [0.29, 0.717) is 15.6 Å². The second-order valence-corrected chi connectivity index (χ2v) is 6.28. The Hall–Kier alpha value is -2.32. The third kappa shape index (κ3) is 5.07. The first-order chi connectivity index (χ1) is 11.9. The van der Waals surface area contributed by atoms with E-state index in [2.05, 4.69) is 11.6 Å². The van der Waals surface area contributed by atoms with E-state index in [-0.39, 0.29) is 12.3 Å². The monoisotopic (exact) mass is 368 g/mol. The summed E-state index contributed by atoms with van der Waals surface area (Å²) >= 11 is 1.27. The lowest BCUT2D eigenvalue weighted by Crippen LogP contribution is -2.29. The number of aliphatic hydroxyl groups is 1. The van der Waals surface area contributed by atoms with E-state index in [1.807, 2.05) is 0 Å². The molecule has 8 heteroatoms. The number of benzene rings is 1. The number of carbonyl (C=O) groups excluding carboxylic acids is 1. The van der Waals surface area contributed by atoms with Crippen molar-refractivity contribution in [3.63, 3.8) is 0 Å². The summed E-state index contributed by atoms with van der Waals surface area (Å²) in [5, 5.41) is 10.2. The van der Waals surface area contributed by atoms with Crippen LogP contribution in [0.15, 0.2) is 43.1 Å². The van der Waals surface area contributed by atoms with E-state index in [1.54, 1.807) is 31.3 Å². The van der Waals surface area contributed by atoms with Crippen molar-refractivity contribution in [3.05, 3.63) is 53.0 Å². The molecule has 25 heavy (non-hydrogen) atoms. The van der Waals surface area contributed by atoms with E-state index in [1.165, 1.54) is 22.3 Å². The lowest BCUT2D eigenvalue weighted by Gasteiger charge is -2.23. The van der Waals surface area contributed by atoms with Gasteiger partial charge in [0.05, 0.1) is 23.2 Å². The Labute approximate surface area is 148 Å². The van der Waals surface area contributed by atoms with Gasteiger partial charge in [-0.2, -0.15) is 0 Å². The summed E-state index contributed by atoms with van der Waals surface area (Å²) in [6, 6.07) is 6.43. The minimum absolute atomic E-state index is 0.108. The number of carbonyl (C=O) groups is 1. The van der Waals surface area contributed by atoms with Crippen molar-refractivity contribution in [1.29, 1.82) is 0 Å². The number of rotatable bonds is 8. The van der Waals surface area contributed by atoms with Crippen molar-refractivity contribution in [1.82, 2.24) is 4.98 Å². The van der Waals surface area contributed by atoms with Crippen molar-refractivity contribution in [2.75, 3.05) is 11.5 Å². The van der Waals surface area contributed by atoms with Crippen LogP contribution < -0.4 is 9.64 Å². The first-order valence-corrected chi connectivity index (χ1v) is 8.30. The summed E-state index contributed by atoms with van der Waals surface area (Å²) in [4.78, 5) is 18.5. The summed E-state index contributed by atoms with van der Waals surface area (Å²) in [6.45, 7) is 4.44. The van der Waals surface area contributed by atoms with Gasteiger partial charge in [0, 0.05) is 6.20 Å². The van der Waals surface area contributed by atoms with Crippen molar-refractivity contribution < 1.29 is 23.4 Å². The maximum atomic E-state index is 12.4. The largest absolute Gasteiger partial charge is 0.485 e. The van der Waals surface area contributed by atoms with E-state index in [0.717, 1.165) is 6.08 Å². The van der Waals surface area contributed by atoms with Gasteiger partial charge in [-0.1, -0.05) is 18.7 Å². The Morgan fingerprint density at radius 2 is 2.20 bits per heavy atom. The molecule has 0 saturated carbocycles. The van der Waals surface area contributed by atoms with Gasteiger partial charge < -0.3 is 9.84 Å². The molecule has 1 atom stereocenters. The fraction of sp³-hybridized carbons (Fsp3) is 0.294. The van der Waals surface area contributed by atoms with Crippen molar-refractivity contribution in [2.45, 2.75) is 26.0 Å². The number of ether oxygens (including phenoxy) is 1. The number of nitrogens with zero attached hydrogens (tertiary/aromatic N) is 2. The van der Waals surface area contributed by atoms with E-state index < -0.39 is 25.0 Å². The smallest absolute Gasteiger partial charge is 0.272 e. The number of para-hydroxylation sites is 2. The van der Waals surface area contributed by atoms with Gasteiger partial charge in [-0.15, -0.1) is 11.3 Å². The third-order valence-corrected chi connectivity index (χ3v) is 4.39. The van der Waals surface area contributed by atoms with Gasteiger partial charge in [0.1, 0.15) is 17.4 Å². The minimum atomic E-state index is -2.62. The molecule has 2 aromatic rings. The van der Waals surface area contributed by atoms with Crippen LogP contribution >= 0.6 is 11.3 Å². The van der Waals surface area contributed by atoms with E-state index in [4.69, 9.17) is 4.74 Å². The highest BCUT2D eigenvalue weighted by Crippen LogP contribution is 2.31. The number of anilines is 1. The normalized spacial score (nSPS) is 12.0. The number of thiazole rings is 1. The van der Waals surface area contributed by atoms with Crippen molar-refractivity contribution in [2.24, 2.45) is 0 Å². The summed E-state index contributed by atoms with van der Waals surface area (Å²) in [6.07, 6.45) is -0.603. The molecule has 0 fully saturated rings. The molecule has 1 amide bonds. The fourth-order valence-electron chi connectivity index (χ4n) is 2.07. The predicted octanol–water partition coefficient (Wildman–Crippen LogP) is 3.56. The summed E-state index contributed by atoms with van der Waals surface area (Å²) in [5.74, 6) is -0.243. The highest BCUT2D eigenvalue weighted by Gasteiger charge is 2.20. The van der Waals surface area contributed by atoms with Gasteiger partial charge in [0.25, 0.3) is 12.3 Å². The second-order valence-electron chi connectivity index (χ2n) is 5.13. The number of hydrogen-bond donors (Lipinski definition) is 1. The number of hydrogen-bond acceptors (Lipinski definition) is 5. The van der Waals surface area contributed by atoms with Crippen LogP contribution in [0.1, 0.15) is 22.9 Å². The van der Waals surface area contributed by atoms with Crippen LogP contribution in [0, 0.1) is 0 Å². The zero-order chi connectivity index (χ0) is 18.4. The molecule has 1 heterocycles. The van der Waals surface area contributed by atoms with E-state index >= 15 is 0 Å². The summed E-state index contributed by atoms with van der Waals surface area (Å²) in [7, 11) is 0. The average Bonchev–Trinajstić information content (AvgIpc) is 3.06. The molecule has 1 unspecified atom stereocenters. The molecule has 1 N–H and O–H groups in total. The Kier molecular flexibility index (Phi) is 6.60. The highest BCUT2D eigenvalue weighted by atomic mass is 32.1. The maximum Gasteiger partial charge on any atom is 0.272 e. The molecule has 1 aromatic carbocycles. The quantitative estimate of drug-likeness (QED) is 0.724. The molecular formula is C17H18F2N2O3S. The molecule has 0 aliphatic rings. The molecule has 0 aliphatic carbocycles. The topological polar surface area (TPSA) is 62.7 Å². The summed E-state index contributed by atoms with van der Waals surface area (Å²) in [5.41, 5.74) is 0.349. The zero-order valence-corrected chi connectivity index (χ0v) is 14.4. The van der Waals surface area contributed by atoms with Crippen molar-refractivity contribution >= 4 is 22.9 Å². The van der Waals surface area contributed by atoms with Gasteiger partial charge in [-0.25, -0.2) is 13.8 Å². The lowest BCUT2D eigenvalue weighted by atomic mass is 10.2. The number of halogens is 2. The van der Waals surface area contributed by atoms with Gasteiger partial charge in [0.15, 0.2) is 0 Å². The molecular weight excluding hydrogens is 350 g/mol. The van der Waals surface area contributed by atoms with Crippen molar-refractivity contribution in [3.8, 4) is 5.75 Å². The summed E-state index contributed by atoms with van der Waals surface area (Å²) < 4.78 is 30.0. The van der Waals surface area contributed by atoms with E-state index in [9.17, 15) is 18.7 Å². The Morgan fingerprint density at radius 3 is 2.80 bits per heavy atom. The first kappa shape index (κ1) is 19.0. The van der Waals surface area contributed by atoms with Crippen LogP contribution in [-0.2, 0) is 11.3 Å². The molecule has 0 radical (unpaired) electrons. The molecule has 1 aromatic heterocycles. The van der Waals surface area contributed by atoms with Gasteiger partial charge in [-0.05, 0) is 25.1 Å². The first-order valence-electron chi connectivity index (χ1n) is 7.49. The van der Waals surface area contributed by atoms with Crippen LogP contribution in [-0.4, -0.2) is 29.0 Å². The molecule has 0 saturated heterocycles. The van der Waals surface area contributed by atoms with Crippen LogP contribution in [0.5, 0.6) is 5.75 Å². The molecule has 134 valence electrons. The Balaban J connectivity index is 2.31. The standard InChI is InChI=1S/C17H18F2N2O3S/c1-3-17(23)21(9-16-20-8-14(25-16)11(2)22)12-6-4-5-7-13(12)24-10-15(18)19/h3-8,11,15,22H,1,9-10H2,2H3. The molecule has 0 bridgehead atoms. The maximum absolute atomic E-state index is 12.4. The number of alkyl halides is 2. The number of aromatic nitrogens is 1. The molecule has 0 spiro atoms. The number of aliphatic hydroxyl groups excluding tert-OH is 1. The van der Waals surface area contributed by atoms with Gasteiger partial charge >= 0.3 is 0 Å². The Morgan fingerprint density at radius 1 is 1.48 bits per heavy atom. The predicted molar refractivity (Wildman–Crippen MR) is 92.1 cm³/mol. The lowest BCUT2D eigenvalue weighted by molar-refractivity contribution is -0.114. The SMILES string of the molecule is C=CC(=O)N(Cc1ncc(C(C)O)s1)c1ccccc1OCC(F)F. The highest BCUT2D eigenvalue weighted by molar-refractivity contribution is 7.11. The Bertz CT molecular complexity index is 734. The van der Waals surface area contributed by atoms with Gasteiger partial charge in [-0.3, -0.25) is 9.69 Å². The second kappa shape index (κ2) is 8.68. The van der Waals surface area contributed by atoms with Crippen LogP contribution in [0.2, 0.25) is 0 Å².